The minimum Gasteiger partial charge on any atom is -0.485 e. The summed E-state index contributed by atoms with van der Waals surface area (Å²) in [6, 6.07) is 14.4. The van der Waals surface area contributed by atoms with Gasteiger partial charge in [-0.05, 0) is 56.3 Å². The average Bonchev–Trinajstić information content (AvgIpc) is 2.65. The van der Waals surface area contributed by atoms with E-state index >= 15 is 0 Å². The van der Waals surface area contributed by atoms with E-state index in [4.69, 9.17) is 15.3 Å². The number of aliphatic hydroxyl groups excluding tert-OH is 1. The Morgan fingerprint density at radius 1 is 1.12 bits per heavy atom. The van der Waals surface area contributed by atoms with Crippen LogP contribution in [0, 0.1) is 22.7 Å². The van der Waals surface area contributed by atoms with Crippen LogP contribution in [-0.4, -0.2) is 22.7 Å². The van der Waals surface area contributed by atoms with Gasteiger partial charge in [-0.15, -0.1) is 0 Å². The van der Waals surface area contributed by atoms with E-state index in [-0.39, 0.29) is 5.91 Å². The van der Waals surface area contributed by atoms with Crippen molar-refractivity contribution in [3.8, 4) is 17.9 Å². The highest BCUT2D eigenvalue weighted by molar-refractivity contribution is 5.94. The maximum absolute atomic E-state index is 12.6. The Morgan fingerprint density at radius 2 is 1.73 bits per heavy atom. The molecule has 1 aliphatic heterocycles. The lowest BCUT2D eigenvalue weighted by Gasteiger charge is -2.42. The summed E-state index contributed by atoms with van der Waals surface area (Å²) in [5.74, 6) is 0.133. The summed E-state index contributed by atoms with van der Waals surface area (Å²) in [5.41, 5.74) is 0.884. The molecule has 6 heteroatoms. The zero-order valence-electron chi connectivity index (χ0n) is 14.4. The van der Waals surface area contributed by atoms with Crippen molar-refractivity contribution in [2.45, 2.75) is 31.6 Å². The Morgan fingerprint density at radius 3 is 2.35 bits per heavy atom. The van der Waals surface area contributed by atoms with E-state index in [2.05, 4.69) is 11.4 Å². The van der Waals surface area contributed by atoms with Gasteiger partial charge in [0.15, 0.2) is 0 Å². The minimum absolute atomic E-state index is 0.374. The van der Waals surface area contributed by atoms with Crippen molar-refractivity contribution in [1.29, 1.82) is 10.5 Å². The fraction of sp³-hybridized carbons (Fsp3) is 0.250. The summed E-state index contributed by atoms with van der Waals surface area (Å²) in [5, 5.41) is 31.5. The number of ether oxygens (including phenoxy) is 1. The molecule has 2 aromatic rings. The van der Waals surface area contributed by atoms with Crippen LogP contribution in [0.3, 0.4) is 0 Å². The van der Waals surface area contributed by atoms with Crippen LogP contribution < -0.4 is 10.1 Å². The number of carbonyl (C=O) groups excluding carboxylic acids is 1. The van der Waals surface area contributed by atoms with Crippen LogP contribution in [0.2, 0.25) is 0 Å². The molecule has 0 fully saturated rings. The fourth-order valence-corrected chi connectivity index (χ4v) is 2.95. The smallest absolute Gasteiger partial charge is 0.251 e. The molecule has 0 bridgehead atoms. The molecular weight excluding hydrogens is 330 g/mol. The average molecular weight is 347 g/mol. The van der Waals surface area contributed by atoms with Crippen LogP contribution in [0.4, 0.5) is 0 Å². The van der Waals surface area contributed by atoms with Crippen LogP contribution in [0.5, 0.6) is 5.75 Å². The van der Waals surface area contributed by atoms with Crippen molar-refractivity contribution in [2.75, 3.05) is 0 Å². The van der Waals surface area contributed by atoms with Gasteiger partial charge in [-0.25, -0.2) is 0 Å². The number of carbonyl (C=O) groups is 1. The molecule has 2 atom stereocenters. The Balaban J connectivity index is 1.96. The Hall–Kier alpha value is -3.35. The molecule has 2 N–H and O–H groups in total. The second kappa shape index (κ2) is 6.51. The minimum atomic E-state index is -1.01. The molecule has 26 heavy (non-hydrogen) atoms. The molecule has 0 saturated carbocycles. The van der Waals surface area contributed by atoms with Gasteiger partial charge < -0.3 is 15.2 Å². The topological polar surface area (TPSA) is 106 Å². The lowest BCUT2D eigenvalue weighted by Crippen LogP contribution is -2.53. The number of fused-ring (bicyclic) bond motifs is 1. The molecule has 0 saturated heterocycles. The number of benzene rings is 2. The third-order valence-corrected chi connectivity index (χ3v) is 4.44. The highest BCUT2D eigenvalue weighted by Gasteiger charge is 2.43. The highest BCUT2D eigenvalue weighted by atomic mass is 16.5. The maximum Gasteiger partial charge on any atom is 0.251 e. The van der Waals surface area contributed by atoms with Gasteiger partial charge in [0.1, 0.15) is 17.5 Å². The number of hydrogen-bond acceptors (Lipinski definition) is 5. The molecule has 6 nitrogen and oxygen atoms in total. The first-order chi connectivity index (χ1) is 12.4. The molecule has 2 aromatic carbocycles. The summed E-state index contributed by atoms with van der Waals surface area (Å²) in [6.07, 6.45) is -1.01. The summed E-state index contributed by atoms with van der Waals surface area (Å²) in [6.45, 7) is 3.47. The predicted octanol–water partition coefficient (Wildman–Crippen LogP) is 2.43. The Bertz CT molecular complexity index is 936. The number of nitrogens with one attached hydrogen (secondary N) is 1. The number of rotatable bonds is 2. The van der Waals surface area contributed by atoms with Gasteiger partial charge in [0.25, 0.3) is 5.91 Å². The second-order valence-electron chi connectivity index (χ2n) is 6.66. The Labute approximate surface area is 151 Å². The molecule has 1 heterocycles. The van der Waals surface area contributed by atoms with Crippen LogP contribution in [0.1, 0.15) is 46.9 Å². The van der Waals surface area contributed by atoms with Gasteiger partial charge in [0.2, 0.25) is 0 Å². The first-order valence-electron chi connectivity index (χ1n) is 8.08. The highest BCUT2D eigenvalue weighted by Crippen LogP contribution is 2.40. The lowest BCUT2D eigenvalue weighted by molar-refractivity contribution is -0.0627. The van der Waals surface area contributed by atoms with Crippen LogP contribution in [-0.2, 0) is 0 Å². The molecule has 130 valence electrons. The molecule has 0 spiro atoms. The van der Waals surface area contributed by atoms with E-state index in [1.165, 1.54) is 0 Å². The molecule has 3 rings (SSSR count). The third kappa shape index (κ3) is 3.11. The van der Waals surface area contributed by atoms with Crippen LogP contribution in [0.15, 0.2) is 42.5 Å². The van der Waals surface area contributed by atoms with E-state index in [9.17, 15) is 9.90 Å². The molecule has 0 aliphatic carbocycles. The van der Waals surface area contributed by atoms with Gasteiger partial charge in [-0.1, -0.05) is 0 Å². The van der Waals surface area contributed by atoms with E-state index in [0.29, 0.717) is 28.0 Å². The monoisotopic (exact) mass is 347 g/mol. The Kier molecular flexibility index (Phi) is 4.38. The summed E-state index contributed by atoms with van der Waals surface area (Å²) in [4.78, 5) is 12.6. The number of nitriles is 2. The second-order valence-corrected chi connectivity index (χ2v) is 6.66. The van der Waals surface area contributed by atoms with E-state index < -0.39 is 17.7 Å². The molecule has 1 amide bonds. The van der Waals surface area contributed by atoms with Gasteiger partial charge in [-0.2, -0.15) is 10.5 Å². The zero-order chi connectivity index (χ0) is 18.9. The fourth-order valence-electron chi connectivity index (χ4n) is 2.95. The molecule has 0 aromatic heterocycles. The summed E-state index contributed by atoms with van der Waals surface area (Å²) < 4.78 is 5.83. The molecule has 1 aliphatic rings. The van der Waals surface area contributed by atoms with Gasteiger partial charge in [-0.3, -0.25) is 4.79 Å². The van der Waals surface area contributed by atoms with Crippen LogP contribution >= 0.6 is 0 Å². The molecule has 0 radical (unpaired) electrons. The van der Waals surface area contributed by atoms with E-state index in [0.717, 1.165) is 0 Å². The number of aliphatic hydroxyl groups is 1. The van der Waals surface area contributed by atoms with E-state index in [1.54, 1.807) is 56.3 Å². The number of nitrogens with zero attached hydrogens (tertiary/aromatic N) is 2. The first kappa shape index (κ1) is 17.5. The maximum atomic E-state index is 12.6. The third-order valence-electron chi connectivity index (χ3n) is 4.44. The predicted molar refractivity (Wildman–Crippen MR) is 93.2 cm³/mol. The van der Waals surface area contributed by atoms with Crippen LogP contribution in [0.25, 0.3) is 0 Å². The zero-order valence-corrected chi connectivity index (χ0v) is 14.4. The van der Waals surface area contributed by atoms with Crippen molar-refractivity contribution >= 4 is 5.91 Å². The van der Waals surface area contributed by atoms with Gasteiger partial charge in [0, 0.05) is 11.1 Å². The first-order valence-corrected chi connectivity index (χ1v) is 8.08. The van der Waals surface area contributed by atoms with Crippen molar-refractivity contribution in [1.82, 2.24) is 5.32 Å². The largest absolute Gasteiger partial charge is 0.485 e. The lowest BCUT2D eigenvalue weighted by atomic mass is 9.85. The quantitative estimate of drug-likeness (QED) is 0.868. The van der Waals surface area contributed by atoms with Crippen molar-refractivity contribution < 1.29 is 14.6 Å². The van der Waals surface area contributed by atoms with Crippen molar-refractivity contribution in [2.24, 2.45) is 0 Å². The molecular formula is C20H17N3O3. The summed E-state index contributed by atoms with van der Waals surface area (Å²) >= 11 is 0. The normalized spacial score (nSPS) is 20.0. The SMILES string of the molecule is CC1(C)Oc2ccc(C#N)cc2[C@H](NC(=O)c2ccc(C#N)cc2)[C@H]1O. The standard InChI is InChI=1S/C20H17N3O3/c1-20(2)18(24)17(15-9-13(11-22)5-8-16(15)26-20)23-19(25)14-6-3-12(10-21)4-7-14/h3-9,17-18,24H,1-2H3,(H,23,25)/t17-,18+/m0/s1. The van der Waals surface area contributed by atoms with Crippen molar-refractivity contribution in [3.63, 3.8) is 0 Å². The summed E-state index contributed by atoms with van der Waals surface area (Å²) in [7, 11) is 0. The number of hydrogen-bond donors (Lipinski definition) is 2. The van der Waals surface area contributed by atoms with Gasteiger partial charge >= 0.3 is 0 Å². The molecule has 0 unspecified atom stereocenters. The number of amides is 1. The van der Waals surface area contributed by atoms with E-state index in [1.807, 2.05) is 6.07 Å². The van der Waals surface area contributed by atoms with Gasteiger partial charge in [0.05, 0.1) is 29.3 Å². The van der Waals surface area contributed by atoms with Crippen molar-refractivity contribution in [3.05, 3.63) is 64.7 Å².